The third-order valence-corrected chi connectivity index (χ3v) is 4.68. The van der Waals surface area contributed by atoms with Gasteiger partial charge in [-0.1, -0.05) is 6.07 Å². The molecule has 4 rings (SSSR count). The van der Waals surface area contributed by atoms with Gasteiger partial charge in [0.05, 0.1) is 12.5 Å². The van der Waals surface area contributed by atoms with Crippen LogP contribution in [0.15, 0.2) is 69.9 Å². The molecule has 1 fully saturated rings. The Morgan fingerprint density at radius 2 is 1.59 bits per heavy atom. The van der Waals surface area contributed by atoms with E-state index >= 15 is 0 Å². The molecule has 0 radical (unpaired) electrons. The summed E-state index contributed by atoms with van der Waals surface area (Å²) in [5.74, 6) is -0.557. The number of nitrogens with zero attached hydrogens (tertiary/aromatic N) is 1. The molecule has 0 unspecified atom stereocenters. The highest BCUT2D eigenvalue weighted by atomic mass is 16.3. The summed E-state index contributed by atoms with van der Waals surface area (Å²) in [6.45, 7) is 0.497. The van der Waals surface area contributed by atoms with Crippen molar-refractivity contribution in [3.63, 3.8) is 0 Å². The molecule has 148 valence electrons. The van der Waals surface area contributed by atoms with Crippen molar-refractivity contribution < 1.29 is 23.2 Å². The van der Waals surface area contributed by atoms with E-state index in [2.05, 4.69) is 10.6 Å². The van der Waals surface area contributed by atoms with Gasteiger partial charge in [0, 0.05) is 17.9 Å². The largest absolute Gasteiger partial charge is 0.459 e. The molecule has 3 heterocycles. The van der Waals surface area contributed by atoms with Gasteiger partial charge in [0.15, 0.2) is 11.5 Å². The number of hydrogen-bond donors (Lipinski definition) is 2. The first-order valence-corrected chi connectivity index (χ1v) is 9.22. The number of furan rings is 2. The highest BCUT2D eigenvalue weighted by Gasteiger charge is 2.35. The topological polar surface area (TPSA) is 105 Å². The molecular formula is C21H19N3O5. The fourth-order valence-corrected chi connectivity index (χ4v) is 3.32. The second-order valence-corrected chi connectivity index (χ2v) is 6.64. The van der Waals surface area contributed by atoms with Gasteiger partial charge >= 0.3 is 0 Å². The SMILES string of the molecule is O=C(Nc1cccc(NC(=O)[C@H]2CCCN2C(=O)c2ccco2)c1)c1ccco1. The highest BCUT2D eigenvalue weighted by molar-refractivity contribution is 6.03. The summed E-state index contributed by atoms with van der Waals surface area (Å²) in [6, 6.07) is 12.6. The molecule has 0 saturated carbocycles. The zero-order chi connectivity index (χ0) is 20.2. The van der Waals surface area contributed by atoms with Gasteiger partial charge in [0.2, 0.25) is 5.91 Å². The van der Waals surface area contributed by atoms with Crippen LogP contribution >= 0.6 is 0 Å². The fourth-order valence-electron chi connectivity index (χ4n) is 3.32. The Bertz CT molecular complexity index is 1010. The lowest BCUT2D eigenvalue weighted by atomic mass is 10.2. The van der Waals surface area contributed by atoms with Crippen molar-refractivity contribution in [3.8, 4) is 0 Å². The number of benzene rings is 1. The van der Waals surface area contributed by atoms with Crippen LogP contribution in [0.3, 0.4) is 0 Å². The van der Waals surface area contributed by atoms with Crippen molar-refractivity contribution in [1.82, 2.24) is 4.90 Å². The van der Waals surface area contributed by atoms with Crippen molar-refractivity contribution in [2.75, 3.05) is 17.2 Å². The van der Waals surface area contributed by atoms with Gasteiger partial charge in [0.25, 0.3) is 11.8 Å². The molecule has 1 aliphatic rings. The molecule has 3 aromatic rings. The number of anilines is 2. The quantitative estimate of drug-likeness (QED) is 0.692. The Hall–Kier alpha value is -3.81. The lowest BCUT2D eigenvalue weighted by molar-refractivity contribution is -0.119. The number of hydrogen-bond acceptors (Lipinski definition) is 5. The van der Waals surface area contributed by atoms with Crippen molar-refractivity contribution in [3.05, 3.63) is 72.6 Å². The molecule has 8 heteroatoms. The minimum absolute atomic E-state index is 0.192. The summed E-state index contributed by atoms with van der Waals surface area (Å²) in [4.78, 5) is 39.0. The van der Waals surface area contributed by atoms with E-state index in [-0.39, 0.29) is 29.2 Å². The van der Waals surface area contributed by atoms with Crippen molar-refractivity contribution in [1.29, 1.82) is 0 Å². The van der Waals surface area contributed by atoms with E-state index in [9.17, 15) is 14.4 Å². The predicted octanol–water partition coefficient (Wildman–Crippen LogP) is 3.37. The van der Waals surface area contributed by atoms with Gasteiger partial charge in [-0.3, -0.25) is 14.4 Å². The minimum Gasteiger partial charge on any atom is -0.459 e. The van der Waals surface area contributed by atoms with E-state index in [1.165, 1.54) is 17.4 Å². The first-order chi connectivity index (χ1) is 14.1. The van der Waals surface area contributed by atoms with Gasteiger partial charge in [0.1, 0.15) is 6.04 Å². The molecule has 0 bridgehead atoms. The fraction of sp³-hybridized carbons (Fsp3) is 0.190. The van der Waals surface area contributed by atoms with Gasteiger partial charge in [-0.2, -0.15) is 0 Å². The normalized spacial score (nSPS) is 15.9. The lowest BCUT2D eigenvalue weighted by Crippen LogP contribution is -2.43. The first-order valence-electron chi connectivity index (χ1n) is 9.22. The maximum Gasteiger partial charge on any atom is 0.291 e. The minimum atomic E-state index is -0.575. The van der Waals surface area contributed by atoms with Gasteiger partial charge in [-0.15, -0.1) is 0 Å². The second-order valence-electron chi connectivity index (χ2n) is 6.64. The van der Waals surface area contributed by atoms with Crippen LogP contribution in [0.2, 0.25) is 0 Å². The number of likely N-dealkylation sites (tertiary alicyclic amines) is 1. The maximum atomic E-state index is 12.8. The van der Waals surface area contributed by atoms with E-state index in [1.54, 1.807) is 48.5 Å². The highest BCUT2D eigenvalue weighted by Crippen LogP contribution is 2.23. The van der Waals surface area contributed by atoms with Gasteiger partial charge < -0.3 is 24.4 Å². The number of amides is 3. The molecule has 0 spiro atoms. The number of carbonyl (C=O) groups is 3. The summed E-state index contributed by atoms with van der Waals surface area (Å²) in [7, 11) is 0. The van der Waals surface area contributed by atoms with Gasteiger partial charge in [-0.05, 0) is 55.3 Å². The molecule has 1 aliphatic heterocycles. The van der Waals surface area contributed by atoms with E-state index < -0.39 is 6.04 Å². The second kappa shape index (κ2) is 8.05. The number of carbonyl (C=O) groups excluding carboxylic acids is 3. The molecule has 2 N–H and O–H groups in total. The van der Waals surface area contributed by atoms with Crippen LogP contribution in [-0.2, 0) is 4.79 Å². The van der Waals surface area contributed by atoms with Crippen molar-refractivity contribution in [2.45, 2.75) is 18.9 Å². The predicted molar refractivity (Wildman–Crippen MR) is 104 cm³/mol. The van der Waals surface area contributed by atoms with Crippen molar-refractivity contribution >= 4 is 29.1 Å². The van der Waals surface area contributed by atoms with Gasteiger partial charge in [-0.25, -0.2) is 0 Å². The van der Waals surface area contributed by atoms with Crippen LogP contribution in [0, 0.1) is 0 Å². The molecule has 0 aliphatic carbocycles. The average molecular weight is 393 g/mol. The standard InChI is InChI=1S/C21H19N3O5/c25-19(16-7-2-10-24(16)21(27)18-9-4-12-29-18)22-14-5-1-6-15(13-14)23-20(26)17-8-3-11-28-17/h1,3-6,8-9,11-13,16H,2,7,10H2,(H,22,25)(H,23,26)/t16-/m1/s1. The Labute approximate surface area is 166 Å². The molecule has 2 aromatic heterocycles. The summed E-state index contributed by atoms with van der Waals surface area (Å²) in [5, 5.41) is 5.54. The number of nitrogens with one attached hydrogen (secondary N) is 2. The molecule has 29 heavy (non-hydrogen) atoms. The van der Waals surface area contributed by atoms with Crippen LogP contribution in [-0.4, -0.2) is 35.2 Å². The number of rotatable bonds is 5. The monoisotopic (exact) mass is 393 g/mol. The van der Waals surface area contributed by atoms with Crippen molar-refractivity contribution in [2.24, 2.45) is 0 Å². The zero-order valence-corrected chi connectivity index (χ0v) is 15.5. The summed E-state index contributed by atoms with van der Waals surface area (Å²) < 4.78 is 10.2. The zero-order valence-electron chi connectivity index (χ0n) is 15.5. The third-order valence-electron chi connectivity index (χ3n) is 4.68. The van der Waals surface area contributed by atoms with Crippen LogP contribution in [0.4, 0.5) is 11.4 Å². The van der Waals surface area contributed by atoms with E-state index in [0.29, 0.717) is 24.3 Å². The van der Waals surface area contributed by atoms with E-state index in [0.717, 1.165) is 6.42 Å². The Morgan fingerprint density at radius 1 is 0.897 bits per heavy atom. The molecule has 3 amide bonds. The molecule has 1 atom stereocenters. The molecule has 8 nitrogen and oxygen atoms in total. The van der Waals surface area contributed by atoms with Crippen LogP contribution in [0.5, 0.6) is 0 Å². The average Bonchev–Trinajstić information content (AvgIpc) is 3.50. The smallest absolute Gasteiger partial charge is 0.291 e. The Kier molecular flexibility index (Phi) is 5.15. The Balaban J connectivity index is 1.43. The van der Waals surface area contributed by atoms with Crippen LogP contribution < -0.4 is 10.6 Å². The van der Waals surface area contributed by atoms with Crippen LogP contribution in [0.25, 0.3) is 0 Å². The van der Waals surface area contributed by atoms with E-state index in [4.69, 9.17) is 8.83 Å². The molecular weight excluding hydrogens is 374 g/mol. The Morgan fingerprint density at radius 3 is 2.28 bits per heavy atom. The summed E-state index contributed by atoms with van der Waals surface area (Å²) in [5.41, 5.74) is 1.03. The molecule has 1 aromatic carbocycles. The maximum absolute atomic E-state index is 12.8. The lowest BCUT2D eigenvalue weighted by Gasteiger charge is -2.23. The van der Waals surface area contributed by atoms with Crippen LogP contribution in [0.1, 0.15) is 34.0 Å². The summed E-state index contributed by atoms with van der Waals surface area (Å²) in [6.07, 6.45) is 4.17. The third kappa shape index (κ3) is 4.06. The van der Waals surface area contributed by atoms with E-state index in [1.807, 2.05) is 0 Å². The molecule has 1 saturated heterocycles. The first kappa shape index (κ1) is 18.5. The summed E-state index contributed by atoms with van der Waals surface area (Å²) >= 11 is 0.